The quantitative estimate of drug-likeness (QED) is 0.502. The summed E-state index contributed by atoms with van der Waals surface area (Å²) in [5.41, 5.74) is 3.54. The molecule has 3 rings (SSSR count). The Morgan fingerprint density at radius 1 is 1.11 bits per heavy atom. The molecule has 2 nitrogen and oxygen atoms in total. The summed E-state index contributed by atoms with van der Waals surface area (Å²) >= 11 is 0. The minimum Gasteiger partial charge on any atom is -0.364 e. The van der Waals surface area contributed by atoms with Crippen LogP contribution < -0.4 is 0 Å². The molecule has 88 valence electrons. The second kappa shape index (κ2) is 4.56. The van der Waals surface area contributed by atoms with Crippen molar-refractivity contribution in [3.8, 4) is 12.3 Å². The van der Waals surface area contributed by atoms with Gasteiger partial charge in [-0.05, 0) is 23.6 Å². The highest BCUT2D eigenvalue weighted by Gasteiger charge is 2.05. The van der Waals surface area contributed by atoms with Crippen LogP contribution in [0.5, 0.6) is 0 Å². The number of nitrogens with zero attached hydrogens (tertiary/aromatic N) is 1. The molecular weight excluding hydrogens is 222 g/mol. The molecular formula is C16H13NO. The summed E-state index contributed by atoms with van der Waals surface area (Å²) in [6.07, 6.45) is 7.27. The maximum absolute atomic E-state index is 5.45. The molecule has 0 saturated carbocycles. The SMILES string of the molecule is C#CCOCc1cccc2ccc3cccn3c12. The first-order valence-corrected chi connectivity index (χ1v) is 5.89. The summed E-state index contributed by atoms with van der Waals surface area (Å²) in [6, 6.07) is 14.6. The van der Waals surface area contributed by atoms with Gasteiger partial charge in [-0.1, -0.05) is 30.2 Å². The summed E-state index contributed by atoms with van der Waals surface area (Å²) in [5, 5.41) is 1.21. The van der Waals surface area contributed by atoms with Crippen LogP contribution in [0.2, 0.25) is 0 Å². The molecule has 0 saturated heterocycles. The highest BCUT2D eigenvalue weighted by atomic mass is 16.5. The van der Waals surface area contributed by atoms with E-state index in [2.05, 4.69) is 46.8 Å². The topological polar surface area (TPSA) is 13.6 Å². The van der Waals surface area contributed by atoms with Crippen LogP contribution in [0.4, 0.5) is 0 Å². The fourth-order valence-corrected chi connectivity index (χ4v) is 2.28. The van der Waals surface area contributed by atoms with Crippen molar-refractivity contribution < 1.29 is 4.74 Å². The van der Waals surface area contributed by atoms with Gasteiger partial charge in [-0.3, -0.25) is 0 Å². The van der Waals surface area contributed by atoms with Gasteiger partial charge in [0.25, 0.3) is 0 Å². The predicted octanol–water partition coefficient (Wildman–Crippen LogP) is 3.24. The Bertz CT molecular complexity index is 734. The zero-order valence-electron chi connectivity index (χ0n) is 9.97. The number of rotatable bonds is 3. The highest BCUT2D eigenvalue weighted by Crippen LogP contribution is 2.22. The van der Waals surface area contributed by atoms with E-state index in [1.807, 2.05) is 12.1 Å². The molecule has 0 bridgehead atoms. The van der Waals surface area contributed by atoms with Crippen molar-refractivity contribution in [3.05, 3.63) is 54.2 Å². The molecule has 0 spiro atoms. The second-order valence-corrected chi connectivity index (χ2v) is 4.19. The number of terminal acetylenes is 1. The maximum Gasteiger partial charge on any atom is 0.107 e. The lowest BCUT2D eigenvalue weighted by Crippen LogP contribution is -1.97. The second-order valence-electron chi connectivity index (χ2n) is 4.19. The van der Waals surface area contributed by atoms with Crippen LogP contribution in [0.3, 0.4) is 0 Å². The zero-order valence-corrected chi connectivity index (χ0v) is 9.97. The molecule has 3 aromatic rings. The van der Waals surface area contributed by atoms with E-state index >= 15 is 0 Å². The minimum absolute atomic E-state index is 0.345. The number of hydrogen-bond donors (Lipinski definition) is 0. The van der Waals surface area contributed by atoms with Gasteiger partial charge in [0.05, 0.1) is 12.1 Å². The summed E-state index contributed by atoms with van der Waals surface area (Å²) < 4.78 is 7.64. The van der Waals surface area contributed by atoms with Gasteiger partial charge in [0, 0.05) is 17.3 Å². The molecule has 18 heavy (non-hydrogen) atoms. The first-order valence-electron chi connectivity index (χ1n) is 5.89. The van der Waals surface area contributed by atoms with Crippen molar-refractivity contribution in [2.24, 2.45) is 0 Å². The van der Waals surface area contributed by atoms with Crippen molar-refractivity contribution in [3.63, 3.8) is 0 Å². The van der Waals surface area contributed by atoms with E-state index in [1.54, 1.807) is 0 Å². The van der Waals surface area contributed by atoms with Crippen molar-refractivity contribution >= 4 is 16.4 Å². The normalized spacial score (nSPS) is 10.8. The fraction of sp³-hybridized carbons (Fsp3) is 0.125. The lowest BCUT2D eigenvalue weighted by molar-refractivity contribution is 0.154. The predicted molar refractivity (Wildman–Crippen MR) is 73.4 cm³/mol. The van der Waals surface area contributed by atoms with Gasteiger partial charge in [-0.15, -0.1) is 6.42 Å². The monoisotopic (exact) mass is 235 g/mol. The van der Waals surface area contributed by atoms with E-state index in [0.29, 0.717) is 13.2 Å². The first kappa shape index (κ1) is 10.9. The van der Waals surface area contributed by atoms with E-state index in [1.165, 1.54) is 16.4 Å². The Hall–Kier alpha value is -2.24. The van der Waals surface area contributed by atoms with Crippen LogP contribution in [0.25, 0.3) is 16.4 Å². The van der Waals surface area contributed by atoms with E-state index < -0.39 is 0 Å². The van der Waals surface area contributed by atoms with Crippen LogP contribution in [0.1, 0.15) is 5.56 Å². The number of pyridine rings is 1. The average Bonchev–Trinajstić information content (AvgIpc) is 2.87. The van der Waals surface area contributed by atoms with Gasteiger partial charge in [0.2, 0.25) is 0 Å². The van der Waals surface area contributed by atoms with Crippen LogP contribution in [-0.4, -0.2) is 11.0 Å². The van der Waals surface area contributed by atoms with Gasteiger partial charge >= 0.3 is 0 Å². The molecule has 0 atom stereocenters. The molecule has 0 aliphatic carbocycles. The minimum atomic E-state index is 0.345. The summed E-state index contributed by atoms with van der Waals surface area (Å²) in [7, 11) is 0. The third-order valence-corrected chi connectivity index (χ3v) is 3.05. The Kier molecular flexibility index (Phi) is 2.76. The van der Waals surface area contributed by atoms with Crippen LogP contribution in [-0.2, 0) is 11.3 Å². The summed E-state index contributed by atoms with van der Waals surface area (Å²) in [5.74, 6) is 2.49. The van der Waals surface area contributed by atoms with Crippen LogP contribution in [0, 0.1) is 12.3 Å². The molecule has 2 heterocycles. The van der Waals surface area contributed by atoms with Crippen molar-refractivity contribution in [2.45, 2.75) is 6.61 Å². The number of para-hydroxylation sites is 1. The van der Waals surface area contributed by atoms with E-state index in [-0.39, 0.29) is 0 Å². The molecule has 0 aliphatic heterocycles. The Labute approximate surface area is 106 Å². The van der Waals surface area contributed by atoms with Crippen molar-refractivity contribution in [1.82, 2.24) is 4.40 Å². The summed E-state index contributed by atoms with van der Waals surface area (Å²) in [6.45, 7) is 0.886. The number of fused-ring (bicyclic) bond motifs is 3. The number of aromatic nitrogens is 1. The molecule has 0 unspecified atom stereocenters. The third kappa shape index (κ3) is 1.75. The van der Waals surface area contributed by atoms with E-state index in [0.717, 1.165) is 5.56 Å². The summed E-state index contributed by atoms with van der Waals surface area (Å²) in [4.78, 5) is 0. The van der Waals surface area contributed by atoms with Gasteiger partial charge in [-0.2, -0.15) is 0 Å². The molecule has 2 heteroatoms. The molecule has 1 aromatic carbocycles. The van der Waals surface area contributed by atoms with Gasteiger partial charge in [0.15, 0.2) is 0 Å². The Balaban J connectivity index is 2.18. The largest absolute Gasteiger partial charge is 0.364 e. The first-order chi connectivity index (χ1) is 8.90. The van der Waals surface area contributed by atoms with Crippen LogP contribution in [0.15, 0.2) is 48.7 Å². The zero-order chi connectivity index (χ0) is 12.4. The number of hydrogen-bond acceptors (Lipinski definition) is 1. The number of benzene rings is 1. The number of ether oxygens (including phenoxy) is 1. The molecule has 2 aromatic heterocycles. The highest BCUT2D eigenvalue weighted by molar-refractivity contribution is 5.85. The smallest absolute Gasteiger partial charge is 0.107 e. The third-order valence-electron chi connectivity index (χ3n) is 3.05. The molecule has 0 aliphatic rings. The molecule has 0 N–H and O–H groups in total. The van der Waals surface area contributed by atoms with Crippen molar-refractivity contribution in [2.75, 3.05) is 6.61 Å². The maximum atomic E-state index is 5.45. The van der Waals surface area contributed by atoms with Crippen LogP contribution >= 0.6 is 0 Å². The van der Waals surface area contributed by atoms with E-state index in [4.69, 9.17) is 11.2 Å². The van der Waals surface area contributed by atoms with E-state index in [9.17, 15) is 0 Å². The molecule has 0 amide bonds. The van der Waals surface area contributed by atoms with Gasteiger partial charge in [-0.25, -0.2) is 0 Å². The average molecular weight is 235 g/mol. The standard InChI is InChI=1S/C16H13NO/c1-2-11-18-12-14-6-3-5-13-8-9-15-7-4-10-17(15)16(13)14/h1,3-10H,11-12H2. The Morgan fingerprint density at radius 3 is 2.94 bits per heavy atom. The van der Waals surface area contributed by atoms with Gasteiger partial charge in [0.1, 0.15) is 6.61 Å². The lowest BCUT2D eigenvalue weighted by atomic mass is 10.1. The molecule has 0 fully saturated rings. The lowest BCUT2D eigenvalue weighted by Gasteiger charge is -2.09. The molecule has 0 radical (unpaired) electrons. The fourth-order valence-electron chi connectivity index (χ4n) is 2.28. The van der Waals surface area contributed by atoms with Crippen molar-refractivity contribution in [1.29, 1.82) is 0 Å². The van der Waals surface area contributed by atoms with Gasteiger partial charge < -0.3 is 9.14 Å². The Morgan fingerprint density at radius 2 is 2.06 bits per heavy atom.